The average molecular weight is 450 g/mol. The summed E-state index contributed by atoms with van der Waals surface area (Å²) in [5, 5.41) is 0. The Balaban J connectivity index is 1.46. The van der Waals surface area contributed by atoms with Crippen molar-refractivity contribution in [2.75, 3.05) is 19.8 Å². The van der Waals surface area contributed by atoms with Gasteiger partial charge in [0, 0.05) is 24.3 Å². The molecule has 174 valence electrons. The van der Waals surface area contributed by atoms with Crippen LogP contribution in [-0.4, -0.2) is 48.0 Å². The molecule has 4 rings (SSSR count). The minimum atomic E-state index is -0.704. The van der Waals surface area contributed by atoms with Crippen LogP contribution in [0.4, 0.5) is 0 Å². The molecule has 0 atom stereocenters. The average Bonchev–Trinajstić information content (AvgIpc) is 2.76. The van der Waals surface area contributed by atoms with E-state index in [9.17, 15) is 19.2 Å². The Morgan fingerprint density at radius 1 is 1.06 bits per heavy atom. The number of imide groups is 1. The van der Waals surface area contributed by atoms with Gasteiger partial charge in [-0.3, -0.25) is 24.1 Å². The van der Waals surface area contributed by atoms with Crippen LogP contribution in [0.15, 0.2) is 12.1 Å². The zero-order chi connectivity index (χ0) is 23.8. The first-order valence-electron chi connectivity index (χ1n) is 11.8. The Kier molecular flexibility index (Phi) is 6.54. The molecule has 6 heteroatoms. The Hall–Kier alpha value is -2.78. The van der Waals surface area contributed by atoms with Crippen molar-refractivity contribution in [3.8, 4) is 11.8 Å². The van der Waals surface area contributed by atoms with Gasteiger partial charge < -0.3 is 4.74 Å². The molecule has 3 aliphatic rings. The number of ether oxygens (including phenoxy) is 1. The number of aryl methyl sites for hydroxylation is 2. The number of Topliss-reactive ketones (excluding diaryl/α,β-unsaturated/α-hetero) is 2. The molecule has 6 nitrogen and oxygen atoms in total. The molecule has 3 fully saturated rings. The molecule has 1 aromatic carbocycles. The van der Waals surface area contributed by atoms with Gasteiger partial charge in [0.05, 0.1) is 13.2 Å². The topological polar surface area (TPSA) is 80.8 Å². The lowest BCUT2D eigenvalue weighted by atomic mass is 9.59. The second kappa shape index (κ2) is 9.23. The van der Waals surface area contributed by atoms with Crippen molar-refractivity contribution in [2.45, 2.75) is 65.2 Å². The van der Waals surface area contributed by atoms with Gasteiger partial charge in [0.2, 0.25) is 5.91 Å². The van der Waals surface area contributed by atoms with Crippen LogP contribution >= 0.6 is 0 Å². The molecule has 1 spiro atoms. The molecule has 0 radical (unpaired) electrons. The lowest BCUT2D eigenvalue weighted by molar-refractivity contribution is -0.157. The molecule has 0 N–H and O–H groups in total. The van der Waals surface area contributed by atoms with Crippen LogP contribution in [0.25, 0.3) is 0 Å². The SMILES string of the molecule is CC#Cc1cc(C)c(C2C(=O)CC3(CCC(C(=O)N4CCOCC4=O)CC3)CC2=O)c(C)c1. The molecule has 2 amide bonds. The van der Waals surface area contributed by atoms with Gasteiger partial charge >= 0.3 is 0 Å². The van der Waals surface area contributed by atoms with E-state index in [1.165, 1.54) is 4.90 Å². The summed E-state index contributed by atoms with van der Waals surface area (Å²) in [6, 6.07) is 3.90. The van der Waals surface area contributed by atoms with E-state index in [1.54, 1.807) is 6.92 Å². The number of benzene rings is 1. The lowest BCUT2D eigenvalue weighted by Crippen LogP contribution is -2.49. The summed E-state index contributed by atoms with van der Waals surface area (Å²) < 4.78 is 5.12. The highest BCUT2D eigenvalue weighted by Gasteiger charge is 2.48. The van der Waals surface area contributed by atoms with E-state index in [0.29, 0.717) is 51.7 Å². The number of hydrogen-bond acceptors (Lipinski definition) is 5. The quantitative estimate of drug-likeness (QED) is 0.393. The maximum atomic E-state index is 13.3. The van der Waals surface area contributed by atoms with E-state index in [2.05, 4.69) is 11.8 Å². The number of hydrogen-bond donors (Lipinski definition) is 0. The highest BCUT2D eigenvalue weighted by atomic mass is 16.5. The van der Waals surface area contributed by atoms with E-state index in [4.69, 9.17) is 4.74 Å². The maximum absolute atomic E-state index is 13.3. The first-order chi connectivity index (χ1) is 15.7. The molecule has 2 saturated carbocycles. The minimum Gasteiger partial charge on any atom is -0.370 e. The summed E-state index contributed by atoms with van der Waals surface area (Å²) in [4.78, 5) is 52.8. The summed E-state index contributed by atoms with van der Waals surface area (Å²) in [6.45, 7) is 6.31. The largest absolute Gasteiger partial charge is 0.370 e. The second-order valence-corrected chi connectivity index (χ2v) is 9.83. The van der Waals surface area contributed by atoms with Gasteiger partial charge in [0.25, 0.3) is 5.91 Å². The van der Waals surface area contributed by atoms with Crippen LogP contribution in [0.3, 0.4) is 0 Å². The molecule has 1 aliphatic heterocycles. The van der Waals surface area contributed by atoms with Crippen molar-refractivity contribution in [1.82, 2.24) is 4.90 Å². The molecule has 0 unspecified atom stereocenters. The van der Waals surface area contributed by atoms with Crippen molar-refractivity contribution in [3.05, 3.63) is 34.4 Å². The van der Waals surface area contributed by atoms with Gasteiger partial charge in [-0.1, -0.05) is 5.92 Å². The third kappa shape index (κ3) is 4.52. The highest BCUT2D eigenvalue weighted by molar-refractivity contribution is 6.10. The van der Waals surface area contributed by atoms with Crippen molar-refractivity contribution in [3.63, 3.8) is 0 Å². The van der Waals surface area contributed by atoms with Crippen molar-refractivity contribution in [2.24, 2.45) is 11.3 Å². The van der Waals surface area contributed by atoms with Crippen molar-refractivity contribution >= 4 is 23.4 Å². The normalized spacial score (nSPS) is 28.0. The van der Waals surface area contributed by atoms with Crippen LogP contribution in [0.5, 0.6) is 0 Å². The summed E-state index contributed by atoms with van der Waals surface area (Å²) in [6.07, 6.45) is 3.28. The number of ketones is 2. The minimum absolute atomic E-state index is 0.0140. The maximum Gasteiger partial charge on any atom is 0.255 e. The number of carbonyl (C=O) groups is 4. The Labute approximate surface area is 195 Å². The van der Waals surface area contributed by atoms with Crippen LogP contribution in [0, 0.1) is 37.0 Å². The van der Waals surface area contributed by atoms with Gasteiger partial charge in [-0.25, -0.2) is 0 Å². The Morgan fingerprint density at radius 3 is 2.21 bits per heavy atom. The van der Waals surface area contributed by atoms with Crippen LogP contribution in [-0.2, 0) is 23.9 Å². The van der Waals surface area contributed by atoms with E-state index in [0.717, 1.165) is 22.3 Å². The molecule has 1 heterocycles. The van der Waals surface area contributed by atoms with Crippen molar-refractivity contribution in [1.29, 1.82) is 0 Å². The summed E-state index contributed by atoms with van der Waals surface area (Å²) in [7, 11) is 0. The third-order valence-corrected chi connectivity index (χ3v) is 7.54. The number of morpholine rings is 1. The van der Waals surface area contributed by atoms with E-state index >= 15 is 0 Å². The monoisotopic (exact) mass is 449 g/mol. The molecule has 33 heavy (non-hydrogen) atoms. The smallest absolute Gasteiger partial charge is 0.255 e. The summed E-state index contributed by atoms with van der Waals surface area (Å²) in [5.41, 5.74) is 3.23. The second-order valence-electron chi connectivity index (χ2n) is 9.83. The van der Waals surface area contributed by atoms with Crippen LogP contribution < -0.4 is 0 Å². The molecule has 1 saturated heterocycles. The predicted octanol–water partition coefficient (Wildman–Crippen LogP) is 3.25. The van der Waals surface area contributed by atoms with Gasteiger partial charge in [-0.15, -0.1) is 5.92 Å². The molecule has 2 aliphatic carbocycles. The van der Waals surface area contributed by atoms with Crippen LogP contribution in [0.1, 0.15) is 73.6 Å². The van der Waals surface area contributed by atoms with Crippen LogP contribution in [0.2, 0.25) is 0 Å². The standard InChI is InChI=1S/C27H31NO5/c1-4-5-19-12-17(2)24(18(3)13-19)25-21(29)14-27(15-22(25)30)8-6-20(7-9-27)26(32)28-10-11-33-16-23(28)31/h12-13,20,25H,6-11,14-16H2,1-3H3. The molecule has 1 aromatic rings. The molecular weight excluding hydrogens is 418 g/mol. The number of nitrogens with zero attached hydrogens (tertiary/aromatic N) is 1. The molecule has 0 bridgehead atoms. The summed E-state index contributed by atoms with van der Waals surface area (Å²) in [5.74, 6) is 4.57. The zero-order valence-electron chi connectivity index (χ0n) is 19.7. The lowest BCUT2D eigenvalue weighted by Gasteiger charge is -2.44. The van der Waals surface area contributed by atoms with Gasteiger partial charge in [-0.2, -0.15) is 0 Å². The number of amides is 2. The zero-order valence-corrected chi connectivity index (χ0v) is 19.7. The number of rotatable bonds is 2. The Bertz CT molecular complexity index is 1020. The van der Waals surface area contributed by atoms with E-state index in [-0.39, 0.29) is 41.3 Å². The van der Waals surface area contributed by atoms with Gasteiger partial charge in [-0.05, 0) is 80.7 Å². The van der Waals surface area contributed by atoms with E-state index in [1.807, 2.05) is 26.0 Å². The predicted molar refractivity (Wildman–Crippen MR) is 122 cm³/mol. The highest BCUT2D eigenvalue weighted by Crippen LogP contribution is 2.50. The van der Waals surface area contributed by atoms with Gasteiger partial charge in [0.15, 0.2) is 0 Å². The fraction of sp³-hybridized carbons (Fsp3) is 0.556. The molecular formula is C27H31NO5. The fourth-order valence-corrected chi connectivity index (χ4v) is 5.96. The van der Waals surface area contributed by atoms with Gasteiger partial charge in [0.1, 0.15) is 24.1 Å². The van der Waals surface area contributed by atoms with Crippen molar-refractivity contribution < 1.29 is 23.9 Å². The fourth-order valence-electron chi connectivity index (χ4n) is 5.96. The number of carbonyl (C=O) groups excluding carboxylic acids is 4. The third-order valence-electron chi connectivity index (χ3n) is 7.54. The first-order valence-corrected chi connectivity index (χ1v) is 11.8. The van der Waals surface area contributed by atoms with E-state index < -0.39 is 5.92 Å². The summed E-state index contributed by atoms with van der Waals surface area (Å²) >= 11 is 0. The molecule has 0 aromatic heterocycles. The first kappa shape index (κ1) is 23.4. The Morgan fingerprint density at radius 2 is 1.67 bits per heavy atom.